The predicted octanol–water partition coefficient (Wildman–Crippen LogP) is -3.79. The van der Waals surface area contributed by atoms with Crippen LogP contribution in [0.1, 0.15) is 24.8 Å². The normalized spacial score (nSPS) is 33.5. The molecule has 2 aliphatic rings. The number of unbranched alkanes of at least 4 members (excludes halogenated alkanes) is 1. The van der Waals surface area contributed by atoms with E-state index in [1.165, 1.54) is 7.05 Å². The molecule has 1 aromatic rings. The SMILES string of the molecule is CN.NCCCCNCCOC1[C@@H](O)[C@H](O[C@H]2OC(CN)[C@@H](O)[C@H](O)C2N)C(N)C[C@H]1NC(=O)Cc1ccccc1. The van der Waals surface area contributed by atoms with Gasteiger partial charge in [0.15, 0.2) is 6.29 Å². The molecular weight excluding hydrogens is 534 g/mol. The molecule has 4 unspecified atom stereocenters. The molecule has 0 radical (unpaired) electrons. The van der Waals surface area contributed by atoms with Crippen LogP contribution in [0.25, 0.3) is 0 Å². The molecule has 15 N–H and O–H groups in total. The summed E-state index contributed by atoms with van der Waals surface area (Å²) in [5, 5.41) is 38.1. The van der Waals surface area contributed by atoms with Gasteiger partial charge in [-0.15, -0.1) is 0 Å². The molecule has 0 bridgehead atoms. The lowest BCUT2D eigenvalue weighted by atomic mass is 9.83. The maximum atomic E-state index is 12.9. The smallest absolute Gasteiger partial charge is 0.224 e. The van der Waals surface area contributed by atoms with Crippen LogP contribution >= 0.6 is 0 Å². The number of aliphatic hydroxyl groups is 3. The summed E-state index contributed by atoms with van der Waals surface area (Å²) in [7, 11) is 1.50. The zero-order chi connectivity index (χ0) is 30.4. The van der Waals surface area contributed by atoms with Gasteiger partial charge < -0.3 is 68.8 Å². The Bertz CT molecular complexity index is 857. The minimum atomic E-state index is -1.34. The van der Waals surface area contributed by atoms with Gasteiger partial charge in [0.2, 0.25) is 5.91 Å². The van der Waals surface area contributed by atoms with Gasteiger partial charge in [0.25, 0.3) is 0 Å². The lowest BCUT2D eigenvalue weighted by Crippen LogP contribution is -2.68. The molecule has 14 nitrogen and oxygen atoms in total. The topological polar surface area (TPSA) is 260 Å². The molecule has 10 atom stereocenters. The van der Waals surface area contributed by atoms with Crippen molar-refractivity contribution in [3.8, 4) is 0 Å². The number of ether oxygens (including phenoxy) is 3. The van der Waals surface area contributed by atoms with Crippen molar-refractivity contribution in [2.24, 2.45) is 28.7 Å². The second-order valence-electron chi connectivity index (χ2n) is 10.2. The van der Waals surface area contributed by atoms with E-state index in [1.54, 1.807) is 0 Å². The van der Waals surface area contributed by atoms with Crippen LogP contribution < -0.4 is 39.3 Å². The van der Waals surface area contributed by atoms with E-state index in [0.717, 1.165) is 24.9 Å². The van der Waals surface area contributed by atoms with E-state index in [2.05, 4.69) is 16.4 Å². The molecule has 1 amide bonds. The largest absolute Gasteiger partial charge is 0.388 e. The average Bonchev–Trinajstić information content (AvgIpc) is 2.97. The Morgan fingerprint density at radius 1 is 1.00 bits per heavy atom. The summed E-state index contributed by atoms with van der Waals surface area (Å²) >= 11 is 0. The molecule has 1 aromatic carbocycles. The highest BCUT2D eigenvalue weighted by molar-refractivity contribution is 5.79. The van der Waals surface area contributed by atoms with Crippen LogP contribution in [0.15, 0.2) is 30.3 Å². The summed E-state index contributed by atoms with van der Waals surface area (Å²) in [6.45, 7) is 2.17. The third kappa shape index (κ3) is 10.5. The first-order valence-electron chi connectivity index (χ1n) is 14.3. The summed E-state index contributed by atoms with van der Waals surface area (Å²) in [4.78, 5) is 12.9. The number of rotatable bonds is 14. The van der Waals surface area contributed by atoms with Crippen LogP contribution in [-0.2, 0) is 25.4 Å². The first-order valence-corrected chi connectivity index (χ1v) is 14.3. The monoisotopic (exact) mass is 585 g/mol. The summed E-state index contributed by atoms with van der Waals surface area (Å²) in [6, 6.07) is 6.94. The molecule has 1 aliphatic heterocycles. The van der Waals surface area contributed by atoms with Gasteiger partial charge in [-0.05, 0) is 45.0 Å². The number of carbonyl (C=O) groups excluding carboxylic acids is 1. The minimum Gasteiger partial charge on any atom is -0.388 e. The third-order valence-electron chi connectivity index (χ3n) is 7.24. The molecule has 236 valence electrons. The number of benzene rings is 1. The number of hydrogen-bond donors (Lipinski definition) is 10. The molecule has 1 heterocycles. The number of nitrogens with one attached hydrogen (secondary N) is 2. The van der Waals surface area contributed by atoms with Crippen LogP contribution in [0.2, 0.25) is 0 Å². The van der Waals surface area contributed by atoms with Gasteiger partial charge in [-0.25, -0.2) is 0 Å². The van der Waals surface area contributed by atoms with Crippen molar-refractivity contribution < 1.29 is 34.3 Å². The fourth-order valence-corrected chi connectivity index (χ4v) is 5.03. The third-order valence-corrected chi connectivity index (χ3v) is 7.24. The fraction of sp³-hybridized carbons (Fsp3) is 0.741. The van der Waals surface area contributed by atoms with Gasteiger partial charge in [-0.2, -0.15) is 0 Å². The van der Waals surface area contributed by atoms with E-state index >= 15 is 0 Å². The number of hydrogen-bond acceptors (Lipinski definition) is 13. The molecule has 14 heteroatoms. The first kappa shape index (κ1) is 35.4. The Hall–Kier alpha value is -1.79. The molecule has 0 aromatic heterocycles. The predicted molar refractivity (Wildman–Crippen MR) is 154 cm³/mol. The lowest BCUT2D eigenvalue weighted by molar-refractivity contribution is -0.289. The average molecular weight is 586 g/mol. The zero-order valence-corrected chi connectivity index (χ0v) is 23.9. The zero-order valence-electron chi connectivity index (χ0n) is 23.9. The van der Waals surface area contributed by atoms with E-state index in [4.69, 9.17) is 37.1 Å². The van der Waals surface area contributed by atoms with Crippen LogP contribution in [0, 0.1) is 0 Å². The van der Waals surface area contributed by atoms with Crippen molar-refractivity contribution in [2.45, 2.75) is 86.7 Å². The molecule has 1 saturated carbocycles. The fourth-order valence-electron chi connectivity index (χ4n) is 5.03. The summed E-state index contributed by atoms with van der Waals surface area (Å²) in [5.74, 6) is -0.223. The maximum absolute atomic E-state index is 12.9. The Morgan fingerprint density at radius 2 is 1.71 bits per heavy atom. The van der Waals surface area contributed by atoms with E-state index < -0.39 is 61.0 Å². The second kappa shape index (κ2) is 18.7. The number of carbonyl (C=O) groups is 1. The van der Waals surface area contributed by atoms with Crippen molar-refractivity contribution in [3.05, 3.63) is 35.9 Å². The lowest BCUT2D eigenvalue weighted by Gasteiger charge is -2.47. The van der Waals surface area contributed by atoms with Crippen LogP contribution in [-0.4, -0.2) is 122 Å². The highest BCUT2D eigenvalue weighted by Crippen LogP contribution is 2.29. The van der Waals surface area contributed by atoms with Gasteiger partial charge in [-0.3, -0.25) is 4.79 Å². The molecule has 1 aliphatic carbocycles. The highest BCUT2D eigenvalue weighted by Gasteiger charge is 2.49. The van der Waals surface area contributed by atoms with Crippen LogP contribution in [0.4, 0.5) is 0 Å². The Labute approximate surface area is 242 Å². The standard InChI is InChI=1S/C26H46N6O7.CH5N/c27-8-4-5-9-31-10-11-37-25-17(32-19(33)12-15-6-2-1-3-7-15)13-16(29)24(23(25)36)39-26-20(30)22(35)21(34)18(14-28)38-26;1-2/h1-3,6-7,16-18,20-26,31,34-36H,4-5,8-14,27-30H2,(H,32,33);2H2,1H3/t16?,17-,18?,20?,21-,22-,23+,24-,25?,26-;/m1./s1. The Kier molecular flexibility index (Phi) is 16.1. The molecule has 41 heavy (non-hydrogen) atoms. The quantitative estimate of drug-likeness (QED) is 0.0941. The minimum absolute atomic E-state index is 0.0659. The molecule has 0 spiro atoms. The van der Waals surface area contributed by atoms with E-state index in [1.807, 2.05) is 30.3 Å². The van der Waals surface area contributed by atoms with E-state index in [-0.39, 0.29) is 31.9 Å². The summed E-state index contributed by atoms with van der Waals surface area (Å²) < 4.78 is 17.8. The first-order chi connectivity index (χ1) is 19.8. The summed E-state index contributed by atoms with van der Waals surface area (Å²) in [6.07, 6.45) is -5.45. The number of aliphatic hydroxyl groups excluding tert-OH is 3. The maximum Gasteiger partial charge on any atom is 0.224 e. The molecule has 3 rings (SSSR count). The summed E-state index contributed by atoms with van der Waals surface area (Å²) in [5.41, 5.74) is 29.0. The van der Waals surface area contributed by atoms with Gasteiger partial charge in [0.05, 0.1) is 25.1 Å². The van der Waals surface area contributed by atoms with E-state index in [9.17, 15) is 20.1 Å². The van der Waals surface area contributed by atoms with Crippen molar-refractivity contribution in [1.82, 2.24) is 10.6 Å². The van der Waals surface area contributed by atoms with Crippen molar-refractivity contribution in [3.63, 3.8) is 0 Å². The molecule has 1 saturated heterocycles. The molecular formula is C27H51N7O7. The van der Waals surface area contributed by atoms with Crippen molar-refractivity contribution >= 4 is 5.91 Å². The molecule has 2 fully saturated rings. The highest BCUT2D eigenvalue weighted by atomic mass is 16.7. The second-order valence-corrected chi connectivity index (χ2v) is 10.2. The van der Waals surface area contributed by atoms with Crippen molar-refractivity contribution in [2.75, 3.05) is 39.8 Å². The van der Waals surface area contributed by atoms with Crippen LogP contribution in [0.5, 0.6) is 0 Å². The number of amides is 1. The van der Waals surface area contributed by atoms with Crippen molar-refractivity contribution in [1.29, 1.82) is 0 Å². The van der Waals surface area contributed by atoms with Gasteiger partial charge >= 0.3 is 0 Å². The number of nitrogens with two attached hydrogens (primary N) is 5. The Balaban J connectivity index is 0.00000287. The van der Waals surface area contributed by atoms with E-state index in [0.29, 0.717) is 13.1 Å². The van der Waals surface area contributed by atoms with Crippen LogP contribution in [0.3, 0.4) is 0 Å². The Morgan fingerprint density at radius 3 is 2.37 bits per heavy atom. The van der Waals surface area contributed by atoms with Gasteiger partial charge in [0.1, 0.15) is 36.6 Å². The van der Waals surface area contributed by atoms with Gasteiger partial charge in [-0.1, -0.05) is 30.3 Å². The van der Waals surface area contributed by atoms with Gasteiger partial charge in [0, 0.05) is 19.1 Å².